The van der Waals surface area contributed by atoms with Gasteiger partial charge in [-0.05, 0) is 36.4 Å². The lowest BCUT2D eigenvalue weighted by Crippen LogP contribution is -2.51. The lowest BCUT2D eigenvalue weighted by molar-refractivity contribution is 0.0977. The number of nitrogens with zero attached hydrogens (tertiary/aromatic N) is 1. The minimum atomic E-state index is -0.432. The molecule has 156 valence electrons. The summed E-state index contributed by atoms with van der Waals surface area (Å²) in [5.41, 5.74) is 3.98. The van der Waals surface area contributed by atoms with Crippen molar-refractivity contribution < 1.29 is 19.0 Å². The first kappa shape index (κ1) is 19.1. The van der Waals surface area contributed by atoms with E-state index in [-0.39, 0.29) is 5.91 Å². The number of carbonyl (C=O) groups excluding carboxylic acids is 1. The van der Waals surface area contributed by atoms with Crippen molar-refractivity contribution in [3.8, 4) is 17.2 Å². The number of fused-ring (bicyclic) bond motifs is 2. The van der Waals surface area contributed by atoms with Crippen LogP contribution in [0.4, 0.5) is 11.4 Å². The number of para-hydroxylation sites is 2. The highest BCUT2D eigenvalue weighted by molar-refractivity contribution is 6.13. The summed E-state index contributed by atoms with van der Waals surface area (Å²) in [5.74, 6) is 1.94. The van der Waals surface area contributed by atoms with E-state index in [1.54, 1.807) is 25.2 Å². The molecule has 6 nitrogen and oxygen atoms in total. The smallest absolute Gasteiger partial charge is 0.262 e. The summed E-state index contributed by atoms with van der Waals surface area (Å²) in [6.07, 6.45) is 1.65. The second kappa shape index (κ2) is 7.72. The third kappa shape index (κ3) is 3.26. The van der Waals surface area contributed by atoms with Gasteiger partial charge in [0, 0.05) is 22.9 Å². The number of methoxy groups -OCH3 is 2. The van der Waals surface area contributed by atoms with Gasteiger partial charge in [-0.1, -0.05) is 30.3 Å². The zero-order chi connectivity index (χ0) is 21.4. The SMILES string of the molecule is COc1ccc(N2C(=O)c3ccccc3N[C@H]2C2=Cc3ccccc3OC2)c(OC)c1. The summed E-state index contributed by atoms with van der Waals surface area (Å²) in [6, 6.07) is 20.8. The molecule has 1 N–H and O–H groups in total. The molecule has 0 aliphatic carbocycles. The molecule has 0 aromatic heterocycles. The summed E-state index contributed by atoms with van der Waals surface area (Å²) >= 11 is 0. The number of benzene rings is 3. The van der Waals surface area contributed by atoms with E-state index in [2.05, 4.69) is 11.4 Å². The number of amides is 1. The van der Waals surface area contributed by atoms with Gasteiger partial charge in [-0.3, -0.25) is 9.69 Å². The molecular formula is C25H22N2O4. The third-order valence-corrected chi connectivity index (χ3v) is 5.58. The molecule has 5 rings (SSSR count). The molecule has 1 atom stereocenters. The van der Waals surface area contributed by atoms with E-state index in [1.165, 1.54) is 0 Å². The van der Waals surface area contributed by atoms with Crippen LogP contribution >= 0.6 is 0 Å². The van der Waals surface area contributed by atoms with Crippen molar-refractivity contribution in [3.63, 3.8) is 0 Å². The van der Waals surface area contributed by atoms with Crippen molar-refractivity contribution >= 4 is 23.4 Å². The van der Waals surface area contributed by atoms with Crippen molar-refractivity contribution in [2.45, 2.75) is 6.17 Å². The molecule has 0 fully saturated rings. The maximum atomic E-state index is 13.7. The van der Waals surface area contributed by atoms with Crippen LogP contribution in [0.2, 0.25) is 0 Å². The minimum Gasteiger partial charge on any atom is -0.497 e. The van der Waals surface area contributed by atoms with Gasteiger partial charge in [0.1, 0.15) is 30.0 Å². The Morgan fingerprint density at radius 2 is 1.81 bits per heavy atom. The zero-order valence-electron chi connectivity index (χ0n) is 17.3. The van der Waals surface area contributed by atoms with Crippen LogP contribution in [-0.4, -0.2) is 32.9 Å². The normalized spacial score (nSPS) is 17.0. The van der Waals surface area contributed by atoms with Crippen LogP contribution in [0.1, 0.15) is 15.9 Å². The largest absolute Gasteiger partial charge is 0.497 e. The molecule has 0 saturated carbocycles. The van der Waals surface area contributed by atoms with E-state index in [1.807, 2.05) is 60.7 Å². The van der Waals surface area contributed by atoms with Gasteiger partial charge in [-0.25, -0.2) is 0 Å². The standard InChI is InChI=1S/C25H22N2O4/c1-29-18-11-12-21(23(14-18)30-2)27-24(26-20-9-5-4-8-19(20)25(27)28)17-13-16-7-3-6-10-22(16)31-15-17/h3-14,24,26H,15H2,1-2H3/t24-/m1/s1. The summed E-state index contributed by atoms with van der Waals surface area (Å²) in [5, 5.41) is 3.53. The Kier molecular flexibility index (Phi) is 4.75. The van der Waals surface area contributed by atoms with Crippen molar-refractivity contribution in [3.05, 3.63) is 83.4 Å². The highest BCUT2D eigenvalue weighted by Crippen LogP contribution is 2.40. The fraction of sp³-hybridized carbons (Fsp3) is 0.160. The molecule has 3 aromatic rings. The summed E-state index contributed by atoms with van der Waals surface area (Å²) < 4.78 is 16.9. The average Bonchev–Trinajstić information content (AvgIpc) is 2.83. The van der Waals surface area contributed by atoms with E-state index >= 15 is 0 Å². The molecule has 31 heavy (non-hydrogen) atoms. The second-order valence-corrected chi connectivity index (χ2v) is 7.35. The first-order chi connectivity index (χ1) is 15.2. The Hall–Kier alpha value is -3.93. The van der Waals surface area contributed by atoms with E-state index < -0.39 is 6.17 Å². The predicted octanol–water partition coefficient (Wildman–Crippen LogP) is 4.58. The van der Waals surface area contributed by atoms with Crippen LogP contribution in [0, 0.1) is 0 Å². The molecule has 6 heteroatoms. The Morgan fingerprint density at radius 1 is 1.00 bits per heavy atom. The molecule has 2 heterocycles. The van der Waals surface area contributed by atoms with E-state index in [4.69, 9.17) is 14.2 Å². The predicted molar refractivity (Wildman–Crippen MR) is 120 cm³/mol. The van der Waals surface area contributed by atoms with Crippen LogP contribution in [0.25, 0.3) is 6.08 Å². The Balaban J connectivity index is 1.65. The van der Waals surface area contributed by atoms with Crippen LogP contribution in [0.15, 0.2) is 72.3 Å². The summed E-state index contributed by atoms with van der Waals surface area (Å²) in [7, 11) is 3.19. The first-order valence-corrected chi connectivity index (χ1v) is 10.0. The number of rotatable bonds is 4. The van der Waals surface area contributed by atoms with Crippen molar-refractivity contribution in [2.75, 3.05) is 31.0 Å². The number of anilines is 2. The van der Waals surface area contributed by atoms with E-state index in [0.717, 1.165) is 22.6 Å². The zero-order valence-corrected chi connectivity index (χ0v) is 17.3. The quantitative estimate of drug-likeness (QED) is 0.677. The molecule has 3 aromatic carbocycles. The number of ether oxygens (including phenoxy) is 3. The van der Waals surface area contributed by atoms with Crippen LogP contribution in [0.5, 0.6) is 17.2 Å². The highest BCUT2D eigenvalue weighted by Gasteiger charge is 2.37. The molecule has 0 spiro atoms. The number of carbonyl (C=O) groups is 1. The lowest BCUT2D eigenvalue weighted by atomic mass is 9.99. The Labute approximate surface area is 180 Å². The van der Waals surface area contributed by atoms with E-state index in [9.17, 15) is 4.79 Å². The van der Waals surface area contributed by atoms with Gasteiger partial charge in [0.05, 0.1) is 25.5 Å². The Morgan fingerprint density at radius 3 is 2.65 bits per heavy atom. The third-order valence-electron chi connectivity index (χ3n) is 5.58. The van der Waals surface area contributed by atoms with Crippen LogP contribution in [0.3, 0.4) is 0 Å². The minimum absolute atomic E-state index is 0.109. The van der Waals surface area contributed by atoms with Gasteiger partial charge in [0.2, 0.25) is 0 Å². The summed E-state index contributed by atoms with van der Waals surface area (Å²) in [4.78, 5) is 15.4. The van der Waals surface area contributed by atoms with Gasteiger partial charge in [-0.15, -0.1) is 0 Å². The van der Waals surface area contributed by atoms with Gasteiger partial charge in [0.15, 0.2) is 0 Å². The maximum absolute atomic E-state index is 13.7. The maximum Gasteiger partial charge on any atom is 0.262 e. The number of hydrogen-bond acceptors (Lipinski definition) is 5. The number of nitrogens with one attached hydrogen (secondary N) is 1. The average molecular weight is 414 g/mol. The molecule has 0 radical (unpaired) electrons. The molecule has 1 amide bonds. The molecule has 0 unspecified atom stereocenters. The topological polar surface area (TPSA) is 60.0 Å². The van der Waals surface area contributed by atoms with Crippen LogP contribution in [-0.2, 0) is 0 Å². The molecule has 2 aliphatic rings. The first-order valence-electron chi connectivity index (χ1n) is 10.0. The van der Waals surface area contributed by atoms with Crippen molar-refractivity contribution in [2.24, 2.45) is 0 Å². The monoisotopic (exact) mass is 414 g/mol. The lowest BCUT2D eigenvalue weighted by Gasteiger charge is -2.40. The highest BCUT2D eigenvalue weighted by atomic mass is 16.5. The van der Waals surface area contributed by atoms with Crippen molar-refractivity contribution in [1.82, 2.24) is 0 Å². The Bertz CT molecular complexity index is 1190. The molecule has 2 aliphatic heterocycles. The molecular weight excluding hydrogens is 392 g/mol. The van der Waals surface area contributed by atoms with Gasteiger partial charge in [-0.2, -0.15) is 0 Å². The fourth-order valence-corrected chi connectivity index (χ4v) is 4.04. The van der Waals surface area contributed by atoms with Crippen LogP contribution < -0.4 is 24.4 Å². The van der Waals surface area contributed by atoms with Crippen molar-refractivity contribution in [1.29, 1.82) is 0 Å². The van der Waals surface area contributed by atoms with Gasteiger partial charge >= 0.3 is 0 Å². The molecule has 0 saturated heterocycles. The second-order valence-electron chi connectivity index (χ2n) is 7.35. The van der Waals surface area contributed by atoms with E-state index in [0.29, 0.717) is 29.4 Å². The number of hydrogen-bond donors (Lipinski definition) is 1. The summed E-state index contributed by atoms with van der Waals surface area (Å²) in [6.45, 7) is 0.374. The fourth-order valence-electron chi connectivity index (χ4n) is 4.04. The van der Waals surface area contributed by atoms with Gasteiger partial charge < -0.3 is 19.5 Å². The molecule has 0 bridgehead atoms. The van der Waals surface area contributed by atoms with Gasteiger partial charge in [0.25, 0.3) is 5.91 Å².